The lowest BCUT2D eigenvalue weighted by Gasteiger charge is -2.14. The lowest BCUT2D eigenvalue weighted by molar-refractivity contribution is -0.149. The van der Waals surface area contributed by atoms with Crippen LogP contribution in [-0.4, -0.2) is 41.2 Å². The molecule has 1 saturated heterocycles. The first-order valence-corrected chi connectivity index (χ1v) is 8.65. The second-order valence-corrected chi connectivity index (χ2v) is 6.67. The molecule has 6 nitrogen and oxygen atoms in total. The fourth-order valence-corrected chi connectivity index (χ4v) is 3.69. The van der Waals surface area contributed by atoms with Crippen LogP contribution in [-0.2, 0) is 9.53 Å². The van der Waals surface area contributed by atoms with Gasteiger partial charge in [-0.3, -0.25) is 4.79 Å². The van der Waals surface area contributed by atoms with E-state index in [0.29, 0.717) is 28.8 Å². The molecule has 1 aromatic heterocycles. The first kappa shape index (κ1) is 16.9. The lowest BCUT2D eigenvalue weighted by atomic mass is 10.0. The number of aromatic nitrogens is 1. The standard InChI is InChI=1S/C16H15ClN2O4S/c17-11-4-2-1-3-10(11)15-19-12(8-24-15)14(20)18-7-9-5-6-23-13(9)16(21)22/h1-4,8-9,13H,5-7H2,(H,18,20)(H,21,22)/t9-,13-/m1/s1. The molecule has 3 rings (SSSR count). The van der Waals surface area contributed by atoms with Crippen molar-refractivity contribution in [2.45, 2.75) is 12.5 Å². The summed E-state index contributed by atoms with van der Waals surface area (Å²) in [7, 11) is 0. The van der Waals surface area contributed by atoms with E-state index in [1.165, 1.54) is 11.3 Å². The highest BCUT2D eigenvalue weighted by Crippen LogP contribution is 2.30. The summed E-state index contributed by atoms with van der Waals surface area (Å²) in [5, 5.41) is 14.7. The normalized spacial score (nSPS) is 20.0. The Morgan fingerprint density at radius 3 is 2.96 bits per heavy atom. The molecule has 2 aromatic rings. The summed E-state index contributed by atoms with van der Waals surface area (Å²) >= 11 is 7.47. The topological polar surface area (TPSA) is 88.5 Å². The molecular weight excluding hydrogens is 352 g/mol. The van der Waals surface area contributed by atoms with Crippen LogP contribution in [0.1, 0.15) is 16.9 Å². The molecule has 1 aromatic carbocycles. The van der Waals surface area contributed by atoms with E-state index in [-0.39, 0.29) is 18.4 Å². The summed E-state index contributed by atoms with van der Waals surface area (Å²) in [4.78, 5) is 27.6. The number of carboxylic acid groups (broad SMARTS) is 1. The van der Waals surface area contributed by atoms with Gasteiger partial charge >= 0.3 is 5.97 Å². The van der Waals surface area contributed by atoms with E-state index in [4.69, 9.17) is 21.4 Å². The van der Waals surface area contributed by atoms with Crippen molar-refractivity contribution in [2.24, 2.45) is 5.92 Å². The third-order valence-electron chi connectivity index (χ3n) is 3.82. The predicted octanol–water partition coefficient (Wildman–Crippen LogP) is 2.68. The van der Waals surface area contributed by atoms with Crippen molar-refractivity contribution in [2.75, 3.05) is 13.2 Å². The smallest absolute Gasteiger partial charge is 0.333 e. The fourth-order valence-electron chi connectivity index (χ4n) is 2.57. The minimum atomic E-state index is -0.999. The van der Waals surface area contributed by atoms with Crippen molar-refractivity contribution in [1.82, 2.24) is 10.3 Å². The number of hydrogen-bond donors (Lipinski definition) is 2. The number of carboxylic acids is 1. The molecule has 8 heteroatoms. The number of halogens is 1. The van der Waals surface area contributed by atoms with Crippen LogP contribution >= 0.6 is 22.9 Å². The van der Waals surface area contributed by atoms with E-state index in [0.717, 1.165) is 5.56 Å². The van der Waals surface area contributed by atoms with E-state index in [1.807, 2.05) is 18.2 Å². The summed E-state index contributed by atoms with van der Waals surface area (Å²) in [5.41, 5.74) is 1.07. The molecule has 126 valence electrons. The minimum absolute atomic E-state index is 0.229. The van der Waals surface area contributed by atoms with Crippen molar-refractivity contribution < 1.29 is 19.4 Å². The molecule has 1 aliphatic heterocycles. The van der Waals surface area contributed by atoms with Gasteiger partial charge in [0.1, 0.15) is 10.7 Å². The molecule has 0 bridgehead atoms. The van der Waals surface area contributed by atoms with Crippen molar-refractivity contribution >= 4 is 34.8 Å². The second kappa shape index (κ2) is 7.29. The third kappa shape index (κ3) is 3.58. The van der Waals surface area contributed by atoms with Gasteiger partial charge in [0.15, 0.2) is 6.10 Å². The molecule has 24 heavy (non-hydrogen) atoms. The average molecular weight is 367 g/mol. The zero-order valence-electron chi connectivity index (χ0n) is 12.6. The van der Waals surface area contributed by atoms with Crippen LogP contribution in [0, 0.1) is 5.92 Å². The van der Waals surface area contributed by atoms with E-state index < -0.39 is 12.1 Å². The van der Waals surface area contributed by atoms with Gasteiger partial charge in [-0.25, -0.2) is 9.78 Å². The summed E-state index contributed by atoms with van der Waals surface area (Å²) in [6.07, 6.45) is -0.251. The number of carbonyl (C=O) groups excluding carboxylic acids is 1. The fraction of sp³-hybridized carbons (Fsp3) is 0.312. The Hall–Kier alpha value is -1.96. The largest absolute Gasteiger partial charge is 0.479 e. The van der Waals surface area contributed by atoms with Gasteiger partial charge in [0, 0.05) is 30.0 Å². The third-order valence-corrected chi connectivity index (χ3v) is 5.03. The summed E-state index contributed by atoms with van der Waals surface area (Å²) in [5.74, 6) is -1.56. The highest BCUT2D eigenvalue weighted by Gasteiger charge is 2.34. The number of thiazole rings is 1. The molecule has 0 unspecified atom stereocenters. The Kier molecular flexibility index (Phi) is 5.13. The lowest BCUT2D eigenvalue weighted by Crippen LogP contribution is -2.36. The SMILES string of the molecule is O=C(NC[C@H]1CCO[C@H]1C(=O)O)c1csc(-c2ccccc2Cl)n1. The number of hydrogen-bond acceptors (Lipinski definition) is 5. The van der Waals surface area contributed by atoms with Gasteiger partial charge < -0.3 is 15.2 Å². The summed E-state index contributed by atoms with van der Waals surface area (Å²) in [6.45, 7) is 0.639. The molecule has 2 N–H and O–H groups in total. The number of ether oxygens (including phenoxy) is 1. The molecule has 0 saturated carbocycles. The molecule has 2 atom stereocenters. The second-order valence-electron chi connectivity index (χ2n) is 5.41. The van der Waals surface area contributed by atoms with Gasteiger partial charge in [0.05, 0.1) is 5.02 Å². The first-order chi connectivity index (χ1) is 11.6. The van der Waals surface area contributed by atoms with Crippen LogP contribution in [0.25, 0.3) is 10.6 Å². The van der Waals surface area contributed by atoms with Crippen LogP contribution < -0.4 is 5.32 Å². The van der Waals surface area contributed by atoms with Crippen LogP contribution in [0.4, 0.5) is 0 Å². The average Bonchev–Trinajstić information content (AvgIpc) is 3.22. The maximum atomic E-state index is 12.2. The maximum Gasteiger partial charge on any atom is 0.333 e. The zero-order valence-corrected chi connectivity index (χ0v) is 14.1. The monoisotopic (exact) mass is 366 g/mol. The van der Waals surface area contributed by atoms with Crippen LogP contribution in [0.5, 0.6) is 0 Å². The van der Waals surface area contributed by atoms with Crippen molar-refractivity contribution in [1.29, 1.82) is 0 Å². The molecule has 0 aliphatic carbocycles. The molecule has 0 radical (unpaired) electrons. The molecular formula is C16H15ClN2O4S. The Labute approximate surface area is 147 Å². The number of rotatable bonds is 5. The van der Waals surface area contributed by atoms with Gasteiger partial charge in [0.2, 0.25) is 0 Å². The number of nitrogens with zero attached hydrogens (tertiary/aromatic N) is 1. The van der Waals surface area contributed by atoms with Crippen molar-refractivity contribution in [3.05, 3.63) is 40.4 Å². The Morgan fingerprint density at radius 1 is 1.42 bits per heavy atom. The zero-order chi connectivity index (χ0) is 17.1. The van der Waals surface area contributed by atoms with Gasteiger partial charge in [-0.05, 0) is 12.5 Å². The quantitative estimate of drug-likeness (QED) is 0.849. The molecule has 1 fully saturated rings. The van der Waals surface area contributed by atoms with Crippen LogP contribution in [0.2, 0.25) is 5.02 Å². The van der Waals surface area contributed by atoms with Crippen LogP contribution in [0.3, 0.4) is 0 Å². The van der Waals surface area contributed by atoms with Crippen LogP contribution in [0.15, 0.2) is 29.6 Å². The number of amides is 1. The van der Waals surface area contributed by atoms with E-state index in [9.17, 15) is 9.59 Å². The number of nitrogens with one attached hydrogen (secondary N) is 1. The highest BCUT2D eigenvalue weighted by atomic mass is 35.5. The molecule has 1 amide bonds. The van der Waals surface area contributed by atoms with Crippen molar-refractivity contribution in [3.63, 3.8) is 0 Å². The predicted molar refractivity (Wildman–Crippen MR) is 90.4 cm³/mol. The first-order valence-electron chi connectivity index (χ1n) is 7.39. The summed E-state index contributed by atoms with van der Waals surface area (Å²) in [6, 6.07) is 7.30. The maximum absolute atomic E-state index is 12.2. The van der Waals surface area contributed by atoms with Crippen molar-refractivity contribution in [3.8, 4) is 10.6 Å². The highest BCUT2D eigenvalue weighted by molar-refractivity contribution is 7.13. The number of aliphatic carboxylic acids is 1. The minimum Gasteiger partial charge on any atom is -0.479 e. The van der Waals surface area contributed by atoms with Gasteiger partial charge in [-0.15, -0.1) is 11.3 Å². The number of carbonyl (C=O) groups is 2. The Morgan fingerprint density at radius 2 is 2.21 bits per heavy atom. The Bertz CT molecular complexity index is 764. The Balaban J connectivity index is 1.64. The summed E-state index contributed by atoms with van der Waals surface area (Å²) < 4.78 is 5.16. The van der Waals surface area contributed by atoms with Gasteiger partial charge in [-0.2, -0.15) is 0 Å². The molecule has 2 heterocycles. The van der Waals surface area contributed by atoms with E-state index >= 15 is 0 Å². The number of benzene rings is 1. The van der Waals surface area contributed by atoms with E-state index in [1.54, 1.807) is 11.4 Å². The molecule has 0 spiro atoms. The van der Waals surface area contributed by atoms with Gasteiger partial charge in [0.25, 0.3) is 5.91 Å². The van der Waals surface area contributed by atoms with E-state index in [2.05, 4.69) is 10.3 Å². The molecule has 1 aliphatic rings. The van der Waals surface area contributed by atoms with Gasteiger partial charge in [-0.1, -0.05) is 29.8 Å².